The summed E-state index contributed by atoms with van der Waals surface area (Å²) >= 11 is 5.41. The molecular weight excluding hydrogens is 272 g/mol. The maximum Gasteiger partial charge on any atom is 0.410 e. The number of carbonyl (C=O) groups excluding carboxylic acids is 2. The van der Waals surface area contributed by atoms with Crippen molar-refractivity contribution in [3.8, 4) is 0 Å². The Morgan fingerprint density at radius 1 is 1.47 bits per heavy atom. The fourth-order valence-corrected chi connectivity index (χ4v) is 1.90. The van der Waals surface area contributed by atoms with Gasteiger partial charge in [0.05, 0.1) is 12.1 Å². The van der Waals surface area contributed by atoms with Gasteiger partial charge >= 0.3 is 6.09 Å². The molecule has 2 N–H and O–H groups in total. The van der Waals surface area contributed by atoms with E-state index in [1.54, 1.807) is 20.8 Å². The second kappa shape index (κ2) is 6.43. The van der Waals surface area contributed by atoms with Gasteiger partial charge in [0.1, 0.15) is 11.5 Å². The van der Waals surface area contributed by atoms with Crippen LogP contribution in [0.2, 0.25) is 0 Å². The van der Waals surface area contributed by atoms with E-state index in [0.717, 1.165) is 0 Å². The summed E-state index contributed by atoms with van der Waals surface area (Å²) in [5, 5.41) is 12.4. The van der Waals surface area contributed by atoms with Crippen LogP contribution in [-0.2, 0) is 9.53 Å². The van der Waals surface area contributed by atoms with Gasteiger partial charge < -0.3 is 20.1 Å². The van der Waals surface area contributed by atoms with E-state index in [0.29, 0.717) is 13.0 Å². The third-order valence-corrected chi connectivity index (χ3v) is 2.94. The number of piperidine rings is 1. The van der Waals surface area contributed by atoms with E-state index < -0.39 is 23.8 Å². The molecule has 0 aromatic carbocycles. The molecule has 0 radical (unpaired) electrons. The number of carbonyl (C=O) groups is 2. The predicted molar refractivity (Wildman–Crippen MR) is 71.1 cm³/mol. The Kier molecular flexibility index (Phi) is 5.43. The zero-order valence-electron chi connectivity index (χ0n) is 11.5. The second-order valence-electron chi connectivity index (χ2n) is 5.59. The minimum absolute atomic E-state index is 0.171. The van der Waals surface area contributed by atoms with Crippen molar-refractivity contribution in [1.29, 1.82) is 0 Å². The van der Waals surface area contributed by atoms with E-state index in [9.17, 15) is 14.7 Å². The number of nitrogens with one attached hydrogen (secondary N) is 1. The highest BCUT2D eigenvalue weighted by Crippen LogP contribution is 2.16. The fourth-order valence-electron chi connectivity index (χ4n) is 1.82. The standard InChI is InChI=1S/C12H21ClN2O4/c1-12(2,3)19-11(18)15-5-4-9(16)8(7-15)14-10(17)6-13/h8-9,16H,4-7H2,1-3H3,(H,14,17). The molecule has 0 saturated carbocycles. The lowest BCUT2D eigenvalue weighted by atomic mass is 10.0. The van der Waals surface area contributed by atoms with Crippen molar-refractivity contribution in [2.24, 2.45) is 0 Å². The van der Waals surface area contributed by atoms with Crippen molar-refractivity contribution < 1.29 is 19.4 Å². The van der Waals surface area contributed by atoms with Crippen LogP contribution in [0, 0.1) is 0 Å². The number of halogens is 1. The Morgan fingerprint density at radius 2 is 2.11 bits per heavy atom. The summed E-state index contributed by atoms with van der Waals surface area (Å²) in [5.41, 5.74) is -0.567. The Hall–Kier alpha value is -1.01. The van der Waals surface area contributed by atoms with Gasteiger partial charge in [0.2, 0.25) is 5.91 Å². The third-order valence-electron chi connectivity index (χ3n) is 2.70. The maximum atomic E-state index is 11.9. The lowest BCUT2D eigenvalue weighted by molar-refractivity contribution is -0.121. The number of hydrogen-bond acceptors (Lipinski definition) is 4. The van der Waals surface area contributed by atoms with Crippen molar-refractivity contribution >= 4 is 23.6 Å². The molecule has 6 nitrogen and oxygen atoms in total. The first-order valence-electron chi connectivity index (χ1n) is 6.24. The molecule has 1 saturated heterocycles. The minimum atomic E-state index is -0.675. The SMILES string of the molecule is CC(C)(C)OC(=O)N1CCC(O)C(NC(=O)CCl)C1. The van der Waals surface area contributed by atoms with Gasteiger partial charge in [-0.25, -0.2) is 4.79 Å². The normalized spacial score (nSPS) is 23.9. The highest BCUT2D eigenvalue weighted by molar-refractivity contribution is 6.27. The molecule has 1 aliphatic heterocycles. The summed E-state index contributed by atoms with van der Waals surface area (Å²) in [7, 11) is 0. The van der Waals surface area contributed by atoms with Gasteiger partial charge in [0, 0.05) is 13.1 Å². The van der Waals surface area contributed by atoms with E-state index in [4.69, 9.17) is 16.3 Å². The number of aliphatic hydroxyl groups is 1. The van der Waals surface area contributed by atoms with Crippen LogP contribution in [0.4, 0.5) is 4.79 Å². The molecule has 19 heavy (non-hydrogen) atoms. The summed E-state index contributed by atoms with van der Waals surface area (Å²) < 4.78 is 5.26. The third kappa shape index (κ3) is 5.24. The monoisotopic (exact) mass is 292 g/mol. The van der Waals surface area contributed by atoms with E-state index in [2.05, 4.69) is 5.32 Å². The van der Waals surface area contributed by atoms with Crippen LogP contribution in [0.15, 0.2) is 0 Å². The molecule has 2 unspecified atom stereocenters. The van der Waals surface area contributed by atoms with Crippen LogP contribution in [0.1, 0.15) is 27.2 Å². The van der Waals surface area contributed by atoms with Gasteiger partial charge in [0.15, 0.2) is 0 Å². The van der Waals surface area contributed by atoms with Crippen molar-refractivity contribution in [3.63, 3.8) is 0 Å². The quantitative estimate of drug-likeness (QED) is 0.735. The fraction of sp³-hybridized carbons (Fsp3) is 0.833. The number of aliphatic hydroxyl groups excluding tert-OH is 1. The molecule has 2 atom stereocenters. The molecule has 0 aromatic heterocycles. The lowest BCUT2D eigenvalue weighted by Gasteiger charge is -2.37. The Bertz CT molecular complexity index is 343. The van der Waals surface area contributed by atoms with E-state index in [-0.39, 0.29) is 18.3 Å². The number of hydrogen-bond donors (Lipinski definition) is 2. The molecule has 110 valence electrons. The van der Waals surface area contributed by atoms with Crippen LogP contribution < -0.4 is 5.32 Å². The summed E-state index contributed by atoms with van der Waals surface area (Å²) in [6.07, 6.45) is -0.720. The van der Waals surface area contributed by atoms with Crippen molar-refractivity contribution in [2.45, 2.75) is 44.9 Å². The smallest absolute Gasteiger partial charge is 0.410 e. The van der Waals surface area contributed by atoms with Crippen LogP contribution in [-0.4, -0.2) is 58.7 Å². The zero-order valence-corrected chi connectivity index (χ0v) is 12.2. The highest BCUT2D eigenvalue weighted by atomic mass is 35.5. The average molecular weight is 293 g/mol. The Labute approximate surface area is 118 Å². The molecular formula is C12H21ClN2O4. The molecule has 0 bridgehead atoms. The lowest BCUT2D eigenvalue weighted by Crippen LogP contribution is -2.57. The van der Waals surface area contributed by atoms with Crippen molar-refractivity contribution in [2.75, 3.05) is 19.0 Å². The molecule has 0 spiro atoms. The largest absolute Gasteiger partial charge is 0.444 e. The summed E-state index contributed by atoms with van der Waals surface area (Å²) in [6, 6.07) is -0.507. The van der Waals surface area contributed by atoms with Crippen LogP contribution in [0.25, 0.3) is 0 Å². The van der Waals surface area contributed by atoms with Gasteiger partial charge in [-0.3, -0.25) is 4.79 Å². The average Bonchev–Trinajstić information content (AvgIpc) is 2.29. The van der Waals surface area contributed by atoms with Gasteiger partial charge in [-0.05, 0) is 27.2 Å². The van der Waals surface area contributed by atoms with Crippen molar-refractivity contribution in [3.05, 3.63) is 0 Å². The highest BCUT2D eigenvalue weighted by Gasteiger charge is 2.33. The van der Waals surface area contributed by atoms with Crippen molar-refractivity contribution in [1.82, 2.24) is 10.2 Å². The second-order valence-corrected chi connectivity index (χ2v) is 5.86. The van der Waals surface area contributed by atoms with E-state index in [1.165, 1.54) is 4.90 Å². The number of alkyl halides is 1. The van der Waals surface area contributed by atoms with E-state index in [1.807, 2.05) is 0 Å². The number of nitrogens with zero attached hydrogens (tertiary/aromatic N) is 1. The van der Waals surface area contributed by atoms with Gasteiger partial charge in [0.25, 0.3) is 0 Å². The molecule has 2 amide bonds. The summed E-state index contributed by atoms with van der Waals surface area (Å²) in [6.45, 7) is 5.99. The summed E-state index contributed by atoms with van der Waals surface area (Å²) in [4.78, 5) is 24.6. The first-order valence-corrected chi connectivity index (χ1v) is 6.77. The topological polar surface area (TPSA) is 78.9 Å². The first kappa shape index (κ1) is 16.0. The molecule has 0 aromatic rings. The van der Waals surface area contributed by atoms with Crippen LogP contribution in [0.5, 0.6) is 0 Å². The number of rotatable bonds is 2. The molecule has 1 heterocycles. The molecule has 7 heteroatoms. The molecule has 1 rings (SSSR count). The van der Waals surface area contributed by atoms with Gasteiger partial charge in [-0.2, -0.15) is 0 Å². The van der Waals surface area contributed by atoms with Gasteiger partial charge in [-0.1, -0.05) is 0 Å². The van der Waals surface area contributed by atoms with Gasteiger partial charge in [-0.15, -0.1) is 11.6 Å². The number of amides is 2. The van der Waals surface area contributed by atoms with Crippen LogP contribution >= 0.6 is 11.6 Å². The Balaban J connectivity index is 2.58. The molecule has 1 aliphatic rings. The zero-order chi connectivity index (χ0) is 14.6. The predicted octanol–water partition coefficient (Wildman–Crippen LogP) is 0.712. The first-order chi connectivity index (χ1) is 8.73. The number of likely N-dealkylation sites (tertiary alicyclic amines) is 1. The maximum absolute atomic E-state index is 11.9. The molecule has 0 aliphatic carbocycles. The van der Waals surface area contributed by atoms with Crippen LogP contribution in [0.3, 0.4) is 0 Å². The summed E-state index contributed by atoms with van der Waals surface area (Å²) in [5.74, 6) is -0.535. The minimum Gasteiger partial charge on any atom is -0.444 e. The molecule has 1 fully saturated rings. The van der Waals surface area contributed by atoms with E-state index >= 15 is 0 Å². The Morgan fingerprint density at radius 3 is 2.63 bits per heavy atom. The number of ether oxygens (including phenoxy) is 1.